The van der Waals surface area contributed by atoms with E-state index in [1.165, 1.54) is 19.3 Å². The Morgan fingerprint density at radius 1 is 1.57 bits per heavy atom. The third kappa shape index (κ3) is 1.90. The molecular weight excluding hydrogens is 178 g/mol. The predicted molar refractivity (Wildman–Crippen MR) is 55.4 cm³/mol. The van der Waals surface area contributed by atoms with E-state index in [0.29, 0.717) is 6.04 Å². The zero-order chi connectivity index (χ0) is 9.97. The first kappa shape index (κ1) is 9.52. The number of nitrogens with one attached hydrogen (secondary N) is 2. The molecule has 1 aliphatic rings. The minimum Gasteiger partial charge on any atom is -0.312 e. The Morgan fingerprint density at radius 2 is 2.43 bits per heavy atom. The second kappa shape index (κ2) is 4.00. The van der Waals surface area contributed by atoms with Crippen LogP contribution in [0.15, 0.2) is 11.0 Å². The highest BCUT2D eigenvalue weighted by molar-refractivity contribution is 4.95. The summed E-state index contributed by atoms with van der Waals surface area (Å²) in [5.41, 5.74) is 1.03. The molecule has 1 atom stereocenters. The van der Waals surface area contributed by atoms with Crippen molar-refractivity contribution in [3.05, 3.63) is 22.4 Å². The monoisotopic (exact) mass is 195 g/mol. The lowest BCUT2D eigenvalue weighted by molar-refractivity contribution is 0.358. The summed E-state index contributed by atoms with van der Waals surface area (Å²) in [6.45, 7) is 3.85. The fourth-order valence-corrected chi connectivity index (χ4v) is 2.01. The van der Waals surface area contributed by atoms with Crippen molar-refractivity contribution in [3.8, 4) is 0 Å². The number of rotatable bonds is 2. The van der Waals surface area contributed by atoms with Gasteiger partial charge in [0.2, 0.25) is 0 Å². The molecule has 0 bridgehead atoms. The van der Waals surface area contributed by atoms with Crippen LogP contribution in [-0.2, 0) is 6.54 Å². The summed E-state index contributed by atoms with van der Waals surface area (Å²) in [6, 6.07) is 0.468. The minimum absolute atomic E-state index is 0.00914. The molecule has 1 unspecified atom stereocenters. The van der Waals surface area contributed by atoms with Gasteiger partial charge in [-0.05, 0) is 26.3 Å². The number of piperidine rings is 1. The summed E-state index contributed by atoms with van der Waals surface area (Å²) >= 11 is 0. The molecule has 0 aromatic carbocycles. The van der Waals surface area contributed by atoms with E-state index in [1.54, 1.807) is 6.20 Å². The maximum Gasteiger partial charge on any atom is 0.325 e. The van der Waals surface area contributed by atoms with E-state index in [-0.39, 0.29) is 5.69 Å². The Balaban J connectivity index is 2.06. The van der Waals surface area contributed by atoms with Crippen LogP contribution in [0.2, 0.25) is 0 Å². The van der Waals surface area contributed by atoms with Crippen molar-refractivity contribution in [3.63, 3.8) is 0 Å². The quantitative estimate of drug-likeness (QED) is 0.727. The van der Waals surface area contributed by atoms with Gasteiger partial charge >= 0.3 is 5.69 Å². The summed E-state index contributed by atoms with van der Waals surface area (Å²) in [5.74, 6) is 0. The van der Waals surface area contributed by atoms with Gasteiger partial charge in [0.25, 0.3) is 0 Å². The molecule has 1 aromatic heterocycles. The number of imidazole rings is 1. The van der Waals surface area contributed by atoms with Crippen LogP contribution in [0.4, 0.5) is 0 Å². The summed E-state index contributed by atoms with van der Waals surface area (Å²) in [5, 5.41) is 3.44. The van der Waals surface area contributed by atoms with Crippen LogP contribution < -0.4 is 11.0 Å². The van der Waals surface area contributed by atoms with Crippen LogP contribution >= 0.6 is 0 Å². The van der Waals surface area contributed by atoms with Crippen LogP contribution in [0.25, 0.3) is 0 Å². The molecule has 1 aromatic rings. The summed E-state index contributed by atoms with van der Waals surface area (Å²) in [7, 11) is 0. The molecular formula is C10H17N3O. The van der Waals surface area contributed by atoms with Crippen LogP contribution in [0.3, 0.4) is 0 Å². The standard InChI is InChI=1S/C10H17N3O/c1-8-6-12-10(14)13(8)7-9-4-2-3-5-11-9/h6,9,11H,2-5,7H2,1H3,(H,12,14). The van der Waals surface area contributed by atoms with E-state index in [9.17, 15) is 4.79 Å². The van der Waals surface area contributed by atoms with Crippen LogP contribution in [0.1, 0.15) is 25.0 Å². The lowest BCUT2D eigenvalue weighted by Gasteiger charge is -2.23. The van der Waals surface area contributed by atoms with Gasteiger partial charge in [0.1, 0.15) is 0 Å². The Bertz CT molecular complexity index is 346. The van der Waals surface area contributed by atoms with E-state index in [0.717, 1.165) is 18.8 Å². The molecule has 0 aliphatic carbocycles. The molecule has 0 saturated carbocycles. The van der Waals surface area contributed by atoms with Crippen LogP contribution in [0, 0.1) is 6.92 Å². The van der Waals surface area contributed by atoms with E-state index in [4.69, 9.17) is 0 Å². The summed E-state index contributed by atoms with van der Waals surface area (Å²) < 4.78 is 1.81. The third-order valence-corrected chi connectivity index (χ3v) is 2.89. The zero-order valence-corrected chi connectivity index (χ0v) is 8.55. The van der Waals surface area contributed by atoms with Crippen molar-refractivity contribution in [2.45, 2.75) is 38.8 Å². The van der Waals surface area contributed by atoms with Gasteiger partial charge in [-0.2, -0.15) is 0 Å². The second-order valence-corrected chi connectivity index (χ2v) is 3.99. The number of nitrogens with zero attached hydrogens (tertiary/aromatic N) is 1. The normalized spacial score (nSPS) is 22.5. The highest BCUT2D eigenvalue weighted by Crippen LogP contribution is 2.08. The Morgan fingerprint density at radius 3 is 3.00 bits per heavy atom. The highest BCUT2D eigenvalue weighted by atomic mass is 16.1. The molecule has 4 heteroatoms. The van der Waals surface area contributed by atoms with Gasteiger partial charge in [-0.15, -0.1) is 0 Å². The van der Waals surface area contributed by atoms with Gasteiger partial charge in [0, 0.05) is 24.5 Å². The number of aryl methyl sites for hydroxylation is 1. The average Bonchev–Trinajstić information content (AvgIpc) is 2.51. The van der Waals surface area contributed by atoms with Crippen molar-refractivity contribution in [2.24, 2.45) is 0 Å². The number of H-pyrrole nitrogens is 1. The number of hydrogen-bond donors (Lipinski definition) is 2. The van der Waals surface area contributed by atoms with Gasteiger partial charge < -0.3 is 10.3 Å². The summed E-state index contributed by atoms with van der Waals surface area (Å²) in [6.07, 6.45) is 5.48. The van der Waals surface area contributed by atoms with Crippen LogP contribution in [-0.4, -0.2) is 22.1 Å². The molecule has 0 radical (unpaired) electrons. The first-order valence-electron chi connectivity index (χ1n) is 5.25. The van der Waals surface area contributed by atoms with Gasteiger partial charge in [-0.3, -0.25) is 4.57 Å². The SMILES string of the molecule is Cc1c[nH]c(=O)n1CC1CCCCN1. The fraction of sp³-hybridized carbons (Fsp3) is 0.700. The molecule has 1 saturated heterocycles. The average molecular weight is 195 g/mol. The predicted octanol–water partition coefficient (Wildman–Crippen LogP) is 0.627. The first-order chi connectivity index (χ1) is 6.77. The molecule has 4 nitrogen and oxygen atoms in total. The van der Waals surface area contributed by atoms with Gasteiger partial charge in [0.05, 0.1) is 0 Å². The molecule has 2 rings (SSSR count). The minimum atomic E-state index is 0.00914. The maximum atomic E-state index is 11.4. The van der Waals surface area contributed by atoms with Crippen LogP contribution in [0.5, 0.6) is 0 Å². The van der Waals surface area contributed by atoms with Crippen molar-refractivity contribution in [1.29, 1.82) is 0 Å². The molecule has 0 spiro atoms. The van der Waals surface area contributed by atoms with Crippen molar-refractivity contribution < 1.29 is 0 Å². The molecule has 78 valence electrons. The van der Waals surface area contributed by atoms with E-state index < -0.39 is 0 Å². The van der Waals surface area contributed by atoms with Crippen molar-refractivity contribution >= 4 is 0 Å². The molecule has 2 N–H and O–H groups in total. The van der Waals surface area contributed by atoms with Gasteiger partial charge in [-0.1, -0.05) is 6.42 Å². The van der Waals surface area contributed by atoms with Crippen molar-refractivity contribution in [2.75, 3.05) is 6.54 Å². The van der Waals surface area contributed by atoms with Gasteiger partial charge in [-0.25, -0.2) is 4.79 Å². The first-order valence-corrected chi connectivity index (χ1v) is 5.25. The van der Waals surface area contributed by atoms with E-state index in [1.807, 2.05) is 11.5 Å². The molecule has 0 amide bonds. The van der Waals surface area contributed by atoms with E-state index >= 15 is 0 Å². The largest absolute Gasteiger partial charge is 0.325 e. The molecule has 1 fully saturated rings. The third-order valence-electron chi connectivity index (χ3n) is 2.89. The fourth-order valence-electron chi connectivity index (χ4n) is 2.01. The van der Waals surface area contributed by atoms with E-state index in [2.05, 4.69) is 10.3 Å². The Hall–Kier alpha value is -1.03. The zero-order valence-electron chi connectivity index (χ0n) is 8.55. The number of aromatic amines is 1. The smallest absolute Gasteiger partial charge is 0.312 e. The topological polar surface area (TPSA) is 49.8 Å². The lowest BCUT2D eigenvalue weighted by atomic mass is 10.1. The number of aromatic nitrogens is 2. The van der Waals surface area contributed by atoms with Gasteiger partial charge in [0.15, 0.2) is 0 Å². The Kier molecular flexibility index (Phi) is 2.72. The van der Waals surface area contributed by atoms with Crippen molar-refractivity contribution in [1.82, 2.24) is 14.9 Å². The highest BCUT2D eigenvalue weighted by Gasteiger charge is 2.14. The molecule has 1 aliphatic heterocycles. The number of hydrogen-bond acceptors (Lipinski definition) is 2. The lowest BCUT2D eigenvalue weighted by Crippen LogP contribution is -2.39. The summed E-state index contributed by atoms with van der Waals surface area (Å²) in [4.78, 5) is 14.1. The maximum absolute atomic E-state index is 11.4. The molecule has 14 heavy (non-hydrogen) atoms. The Labute approximate surface area is 83.3 Å². The second-order valence-electron chi connectivity index (χ2n) is 3.99. The molecule has 2 heterocycles.